The summed E-state index contributed by atoms with van der Waals surface area (Å²) >= 11 is 0. The van der Waals surface area contributed by atoms with Gasteiger partial charge in [-0.3, -0.25) is 4.79 Å². The number of carbonyl (C=O) groups excluding carboxylic acids is 1. The third-order valence-electron chi connectivity index (χ3n) is 3.18. The second kappa shape index (κ2) is 6.02. The molecule has 0 spiro atoms. The molecule has 2 N–H and O–H groups in total. The zero-order chi connectivity index (χ0) is 13.8. The number of ether oxygens (including phenoxy) is 1. The molecule has 1 saturated heterocycles. The van der Waals surface area contributed by atoms with E-state index in [1.54, 1.807) is 0 Å². The first kappa shape index (κ1) is 13.8. The van der Waals surface area contributed by atoms with E-state index in [1.165, 1.54) is 25.1 Å². The Hall–Kier alpha value is -1.62. The minimum Gasteiger partial charge on any atom is -0.480 e. The van der Waals surface area contributed by atoms with Crippen LogP contribution < -0.4 is 10.1 Å². The SMILES string of the molecule is C[C@@H](O)c1cc(F)ccc1OC1CCCCNC1=O. The molecule has 1 aliphatic heterocycles. The van der Waals surface area contributed by atoms with Gasteiger partial charge in [-0.15, -0.1) is 0 Å². The maximum atomic E-state index is 13.2. The lowest BCUT2D eigenvalue weighted by Gasteiger charge is -2.19. The molecular formula is C14H18FNO3. The molecule has 5 heteroatoms. The first-order valence-corrected chi connectivity index (χ1v) is 6.50. The van der Waals surface area contributed by atoms with Crippen LogP contribution in [-0.2, 0) is 4.79 Å². The van der Waals surface area contributed by atoms with Crippen LogP contribution in [0.25, 0.3) is 0 Å². The van der Waals surface area contributed by atoms with Crippen molar-refractivity contribution in [3.05, 3.63) is 29.6 Å². The molecule has 1 aromatic rings. The fourth-order valence-electron chi connectivity index (χ4n) is 2.13. The molecule has 1 aliphatic rings. The third-order valence-corrected chi connectivity index (χ3v) is 3.18. The largest absolute Gasteiger partial charge is 0.480 e. The molecule has 104 valence electrons. The average molecular weight is 267 g/mol. The minimum atomic E-state index is -0.848. The van der Waals surface area contributed by atoms with Gasteiger partial charge in [0.05, 0.1) is 6.10 Å². The summed E-state index contributed by atoms with van der Waals surface area (Å²) < 4.78 is 18.8. The molecule has 1 aromatic carbocycles. The molecule has 0 aliphatic carbocycles. The van der Waals surface area contributed by atoms with Gasteiger partial charge in [0.15, 0.2) is 6.10 Å². The fraction of sp³-hybridized carbons (Fsp3) is 0.500. The summed E-state index contributed by atoms with van der Waals surface area (Å²) in [7, 11) is 0. The van der Waals surface area contributed by atoms with Crippen molar-refractivity contribution in [2.75, 3.05) is 6.54 Å². The van der Waals surface area contributed by atoms with Crippen molar-refractivity contribution in [3.8, 4) is 5.75 Å². The van der Waals surface area contributed by atoms with Crippen molar-refractivity contribution in [1.29, 1.82) is 0 Å². The van der Waals surface area contributed by atoms with Gasteiger partial charge in [-0.25, -0.2) is 4.39 Å². The Morgan fingerprint density at radius 3 is 3.00 bits per heavy atom. The van der Waals surface area contributed by atoms with E-state index in [9.17, 15) is 14.3 Å². The van der Waals surface area contributed by atoms with E-state index in [0.717, 1.165) is 12.8 Å². The molecule has 1 amide bonds. The molecule has 0 aromatic heterocycles. The Kier molecular flexibility index (Phi) is 4.37. The van der Waals surface area contributed by atoms with Gasteiger partial charge in [0, 0.05) is 12.1 Å². The van der Waals surface area contributed by atoms with Gasteiger partial charge in [0.1, 0.15) is 11.6 Å². The number of halogens is 1. The van der Waals surface area contributed by atoms with E-state index in [0.29, 0.717) is 24.3 Å². The van der Waals surface area contributed by atoms with Gasteiger partial charge in [-0.2, -0.15) is 0 Å². The van der Waals surface area contributed by atoms with Crippen LogP contribution in [0.3, 0.4) is 0 Å². The van der Waals surface area contributed by atoms with Crippen molar-refractivity contribution in [2.45, 2.75) is 38.4 Å². The highest BCUT2D eigenvalue weighted by atomic mass is 19.1. The Balaban J connectivity index is 2.19. The topological polar surface area (TPSA) is 58.6 Å². The van der Waals surface area contributed by atoms with E-state index >= 15 is 0 Å². The van der Waals surface area contributed by atoms with Gasteiger partial charge >= 0.3 is 0 Å². The first-order valence-electron chi connectivity index (χ1n) is 6.50. The molecule has 1 heterocycles. The number of aliphatic hydroxyl groups excluding tert-OH is 1. The van der Waals surface area contributed by atoms with Crippen LogP contribution in [-0.4, -0.2) is 23.7 Å². The summed E-state index contributed by atoms with van der Waals surface area (Å²) in [5, 5.41) is 12.4. The van der Waals surface area contributed by atoms with Crippen molar-refractivity contribution in [2.24, 2.45) is 0 Å². The molecule has 19 heavy (non-hydrogen) atoms. The third kappa shape index (κ3) is 3.44. The minimum absolute atomic E-state index is 0.154. The van der Waals surface area contributed by atoms with Crippen LogP contribution >= 0.6 is 0 Å². The standard InChI is InChI=1S/C14H18FNO3/c1-9(17)11-8-10(15)5-6-12(11)19-13-4-2-3-7-16-14(13)18/h5-6,8-9,13,17H,2-4,7H2,1H3,(H,16,18)/t9-,13?/m1/s1. The summed E-state index contributed by atoms with van der Waals surface area (Å²) in [6.07, 6.45) is 1.03. The predicted octanol–water partition coefficient (Wildman–Crippen LogP) is 1.93. The Morgan fingerprint density at radius 1 is 1.47 bits per heavy atom. The lowest BCUT2D eigenvalue weighted by Crippen LogP contribution is -2.36. The van der Waals surface area contributed by atoms with Crippen molar-refractivity contribution >= 4 is 5.91 Å². The maximum absolute atomic E-state index is 13.2. The molecule has 0 saturated carbocycles. The van der Waals surface area contributed by atoms with E-state index in [1.807, 2.05) is 0 Å². The smallest absolute Gasteiger partial charge is 0.261 e. The number of amides is 1. The Morgan fingerprint density at radius 2 is 2.26 bits per heavy atom. The first-order chi connectivity index (χ1) is 9.08. The fourth-order valence-corrected chi connectivity index (χ4v) is 2.13. The number of nitrogens with one attached hydrogen (secondary N) is 1. The Bertz CT molecular complexity index is 462. The van der Waals surface area contributed by atoms with Gasteiger partial charge < -0.3 is 15.2 Å². The second-order valence-electron chi connectivity index (χ2n) is 4.75. The van der Waals surface area contributed by atoms with Gasteiger partial charge in [0.2, 0.25) is 0 Å². The normalized spacial score (nSPS) is 21.4. The van der Waals surface area contributed by atoms with Crippen molar-refractivity contribution < 1.29 is 19.0 Å². The zero-order valence-corrected chi connectivity index (χ0v) is 10.9. The van der Waals surface area contributed by atoms with Crippen LogP contribution in [0.1, 0.15) is 37.9 Å². The highest BCUT2D eigenvalue weighted by molar-refractivity contribution is 5.81. The van der Waals surface area contributed by atoms with E-state index in [4.69, 9.17) is 4.74 Å². The van der Waals surface area contributed by atoms with Gasteiger partial charge in [-0.1, -0.05) is 0 Å². The molecular weight excluding hydrogens is 249 g/mol. The molecule has 1 fully saturated rings. The summed E-state index contributed by atoms with van der Waals surface area (Å²) in [5.74, 6) is -0.231. The molecule has 0 bridgehead atoms. The summed E-state index contributed by atoms with van der Waals surface area (Å²) in [4.78, 5) is 11.8. The van der Waals surface area contributed by atoms with Crippen LogP contribution in [0.4, 0.5) is 4.39 Å². The molecule has 2 rings (SSSR count). The van der Waals surface area contributed by atoms with Crippen molar-refractivity contribution in [3.63, 3.8) is 0 Å². The number of hydrogen-bond donors (Lipinski definition) is 2. The molecule has 0 radical (unpaired) electrons. The predicted molar refractivity (Wildman–Crippen MR) is 68.3 cm³/mol. The van der Waals surface area contributed by atoms with Crippen molar-refractivity contribution in [1.82, 2.24) is 5.32 Å². The number of carbonyl (C=O) groups is 1. The highest BCUT2D eigenvalue weighted by Gasteiger charge is 2.24. The number of rotatable bonds is 3. The van der Waals surface area contributed by atoms with Crippen LogP contribution in [0, 0.1) is 5.82 Å². The molecule has 2 atom stereocenters. The molecule has 4 nitrogen and oxygen atoms in total. The maximum Gasteiger partial charge on any atom is 0.261 e. The summed E-state index contributed by atoms with van der Waals surface area (Å²) in [5.41, 5.74) is 0.358. The number of benzene rings is 1. The van der Waals surface area contributed by atoms with E-state index in [2.05, 4.69) is 5.32 Å². The van der Waals surface area contributed by atoms with Crippen LogP contribution in [0.15, 0.2) is 18.2 Å². The quantitative estimate of drug-likeness (QED) is 0.879. The summed E-state index contributed by atoms with van der Waals surface area (Å²) in [6.45, 7) is 2.19. The van der Waals surface area contributed by atoms with Gasteiger partial charge in [0.25, 0.3) is 5.91 Å². The van der Waals surface area contributed by atoms with Crippen LogP contribution in [0.2, 0.25) is 0 Å². The number of hydrogen-bond acceptors (Lipinski definition) is 3. The highest BCUT2D eigenvalue weighted by Crippen LogP contribution is 2.27. The second-order valence-corrected chi connectivity index (χ2v) is 4.75. The lowest BCUT2D eigenvalue weighted by molar-refractivity contribution is -0.127. The van der Waals surface area contributed by atoms with Gasteiger partial charge in [-0.05, 0) is 44.4 Å². The van der Waals surface area contributed by atoms with E-state index in [-0.39, 0.29) is 5.91 Å². The average Bonchev–Trinajstić information content (AvgIpc) is 2.57. The zero-order valence-electron chi connectivity index (χ0n) is 10.9. The number of aliphatic hydroxyl groups is 1. The Labute approximate surface area is 111 Å². The monoisotopic (exact) mass is 267 g/mol. The molecule has 1 unspecified atom stereocenters. The van der Waals surface area contributed by atoms with Crippen LogP contribution in [0.5, 0.6) is 5.75 Å². The van der Waals surface area contributed by atoms with E-state index < -0.39 is 18.0 Å². The lowest BCUT2D eigenvalue weighted by atomic mass is 10.1. The summed E-state index contributed by atoms with van der Waals surface area (Å²) in [6, 6.07) is 3.94.